The zero-order valence-electron chi connectivity index (χ0n) is 14.7. The number of hydrogen-bond donors (Lipinski definition) is 0. The highest BCUT2D eigenvalue weighted by Crippen LogP contribution is 2.32. The van der Waals surface area contributed by atoms with Crippen molar-refractivity contribution in [3.05, 3.63) is 51.7 Å². The maximum atomic E-state index is 13.9. The summed E-state index contributed by atoms with van der Waals surface area (Å²) in [6, 6.07) is 2.42. The minimum absolute atomic E-state index is 0.0358. The molecule has 1 saturated heterocycles. The van der Waals surface area contributed by atoms with Gasteiger partial charge in [0.2, 0.25) is 5.91 Å². The van der Waals surface area contributed by atoms with Crippen LogP contribution in [0.5, 0.6) is 0 Å². The van der Waals surface area contributed by atoms with Gasteiger partial charge in [-0.25, -0.2) is 22.6 Å². The maximum Gasteiger partial charge on any atom is 0.347 e. The molecule has 1 fully saturated rings. The van der Waals surface area contributed by atoms with Gasteiger partial charge >= 0.3 is 5.69 Å². The van der Waals surface area contributed by atoms with E-state index in [1.807, 2.05) is 6.92 Å². The molecule has 0 bridgehead atoms. The van der Waals surface area contributed by atoms with Crippen LogP contribution in [0.4, 0.5) is 13.2 Å². The summed E-state index contributed by atoms with van der Waals surface area (Å²) in [5.41, 5.74) is -0.386. The van der Waals surface area contributed by atoms with E-state index in [0.717, 1.165) is 16.8 Å². The van der Waals surface area contributed by atoms with Gasteiger partial charge in [0, 0.05) is 17.5 Å². The second kappa shape index (κ2) is 6.54. The SMILES string of the molecule is CC1CCC(C(=O)N2CC(F)C2)n2c1nn(Cc1ccc(F)cc1F)c2=O. The molecule has 2 atom stereocenters. The number of amides is 1. The molecule has 144 valence electrons. The molecular formula is C18H19F3N4O2. The van der Waals surface area contributed by atoms with Gasteiger partial charge in [0.25, 0.3) is 0 Å². The number of likely N-dealkylation sites (tertiary alicyclic amines) is 1. The third-order valence-corrected chi connectivity index (χ3v) is 5.29. The predicted molar refractivity (Wildman–Crippen MR) is 90.1 cm³/mol. The van der Waals surface area contributed by atoms with Crippen molar-refractivity contribution >= 4 is 5.91 Å². The molecule has 1 amide bonds. The third-order valence-electron chi connectivity index (χ3n) is 5.29. The van der Waals surface area contributed by atoms with Crippen LogP contribution in [0.15, 0.2) is 23.0 Å². The lowest BCUT2D eigenvalue weighted by Crippen LogP contribution is -2.54. The van der Waals surface area contributed by atoms with Gasteiger partial charge < -0.3 is 4.90 Å². The molecule has 3 heterocycles. The van der Waals surface area contributed by atoms with Crippen LogP contribution in [0.3, 0.4) is 0 Å². The first kappa shape index (κ1) is 17.8. The molecule has 1 aromatic carbocycles. The molecule has 6 nitrogen and oxygen atoms in total. The van der Waals surface area contributed by atoms with Gasteiger partial charge in [-0.1, -0.05) is 13.0 Å². The molecule has 2 aliphatic heterocycles. The van der Waals surface area contributed by atoms with Crippen LogP contribution >= 0.6 is 0 Å². The summed E-state index contributed by atoms with van der Waals surface area (Å²) in [7, 11) is 0. The minimum Gasteiger partial charge on any atom is -0.335 e. The number of benzene rings is 1. The van der Waals surface area contributed by atoms with E-state index >= 15 is 0 Å². The summed E-state index contributed by atoms with van der Waals surface area (Å²) < 4.78 is 42.6. The van der Waals surface area contributed by atoms with Gasteiger partial charge in [-0.3, -0.25) is 9.36 Å². The number of fused-ring (bicyclic) bond motifs is 1. The van der Waals surface area contributed by atoms with Crippen LogP contribution in [-0.2, 0) is 11.3 Å². The number of halogens is 3. The normalized spacial score (nSPS) is 22.4. The van der Waals surface area contributed by atoms with Crippen LogP contribution < -0.4 is 5.69 Å². The fourth-order valence-corrected chi connectivity index (χ4v) is 3.70. The van der Waals surface area contributed by atoms with E-state index in [-0.39, 0.29) is 37.0 Å². The highest BCUT2D eigenvalue weighted by Gasteiger charge is 2.40. The molecule has 0 N–H and O–H groups in total. The predicted octanol–water partition coefficient (Wildman–Crippen LogP) is 1.99. The molecule has 2 aromatic rings. The van der Waals surface area contributed by atoms with E-state index in [2.05, 4.69) is 5.10 Å². The molecule has 1 aromatic heterocycles. The Morgan fingerprint density at radius 3 is 2.67 bits per heavy atom. The van der Waals surface area contributed by atoms with Crippen LogP contribution in [0.2, 0.25) is 0 Å². The van der Waals surface area contributed by atoms with E-state index in [4.69, 9.17) is 0 Å². The van der Waals surface area contributed by atoms with Crippen molar-refractivity contribution in [2.24, 2.45) is 0 Å². The van der Waals surface area contributed by atoms with Crippen LogP contribution in [0.25, 0.3) is 0 Å². The average molecular weight is 380 g/mol. The Kier molecular flexibility index (Phi) is 4.32. The van der Waals surface area contributed by atoms with Crippen LogP contribution in [0.1, 0.15) is 43.1 Å². The average Bonchev–Trinajstić information content (AvgIpc) is 2.92. The maximum absolute atomic E-state index is 13.9. The zero-order chi connectivity index (χ0) is 19.3. The molecule has 2 aliphatic rings. The van der Waals surface area contributed by atoms with Crippen molar-refractivity contribution in [2.45, 2.75) is 44.4 Å². The highest BCUT2D eigenvalue weighted by atomic mass is 19.1. The lowest BCUT2D eigenvalue weighted by atomic mass is 9.94. The Balaban J connectivity index is 1.67. The topological polar surface area (TPSA) is 60.1 Å². The van der Waals surface area contributed by atoms with E-state index in [1.165, 1.54) is 15.5 Å². The van der Waals surface area contributed by atoms with Crippen LogP contribution in [-0.4, -0.2) is 44.4 Å². The summed E-state index contributed by atoms with van der Waals surface area (Å²) in [5, 5.41) is 4.30. The number of rotatable bonds is 3. The summed E-state index contributed by atoms with van der Waals surface area (Å²) in [5.74, 6) is -1.32. The van der Waals surface area contributed by atoms with Crippen molar-refractivity contribution in [1.29, 1.82) is 0 Å². The number of alkyl halides is 1. The van der Waals surface area contributed by atoms with Gasteiger partial charge in [0.05, 0.1) is 19.6 Å². The first-order chi connectivity index (χ1) is 12.8. The number of carbonyl (C=O) groups excluding carboxylic acids is 1. The molecule has 27 heavy (non-hydrogen) atoms. The van der Waals surface area contributed by atoms with E-state index in [9.17, 15) is 22.8 Å². The summed E-state index contributed by atoms with van der Waals surface area (Å²) >= 11 is 0. The first-order valence-corrected chi connectivity index (χ1v) is 8.91. The lowest BCUT2D eigenvalue weighted by molar-refractivity contribution is -0.142. The number of aromatic nitrogens is 3. The van der Waals surface area contributed by atoms with Crippen LogP contribution in [0, 0.1) is 11.6 Å². The summed E-state index contributed by atoms with van der Waals surface area (Å²) in [6.07, 6.45) is 0.124. The van der Waals surface area contributed by atoms with E-state index in [1.54, 1.807) is 0 Å². The van der Waals surface area contributed by atoms with Gasteiger partial charge in [-0.15, -0.1) is 0 Å². The van der Waals surface area contributed by atoms with E-state index in [0.29, 0.717) is 18.7 Å². The molecule has 0 aliphatic carbocycles. The van der Waals surface area contributed by atoms with Crippen molar-refractivity contribution in [3.8, 4) is 0 Å². The molecule has 0 spiro atoms. The smallest absolute Gasteiger partial charge is 0.335 e. The molecule has 4 rings (SSSR count). The second-order valence-corrected chi connectivity index (χ2v) is 7.24. The number of nitrogens with zero attached hydrogens (tertiary/aromatic N) is 4. The first-order valence-electron chi connectivity index (χ1n) is 8.91. The third kappa shape index (κ3) is 3.04. The Morgan fingerprint density at radius 2 is 2.00 bits per heavy atom. The van der Waals surface area contributed by atoms with Crippen molar-refractivity contribution in [2.75, 3.05) is 13.1 Å². The second-order valence-electron chi connectivity index (χ2n) is 7.24. The van der Waals surface area contributed by atoms with Crippen molar-refractivity contribution < 1.29 is 18.0 Å². The fraction of sp³-hybridized carbons (Fsp3) is 0.500. The summed E-state index contributed by atoms with van der Waals surface area (Å²) in [4.78, 5) is 26.9. The van der Waals surface area contributed by atoms with Gasteiger partial charge in [0.15, 0.2) is 0 Å². The highest BCUT2D eigenvalue weighted by molar-refractivity contribution is 5.81. The quantitative estimate of drug-likeness (QED) is 0.818. The Bertz CT molecular complexity index is 949. The van der Waals surface area contributed by atoms with E-state index < -0.39 is 29.5 Å². The van der Waals surface area contributed by atoms with Gasteiger partial charge in [-0.05, 0) is 18.9 Å². The Hall–Kier alpha value is -2.58. The number of hydrogen-bond acceptors (Lipinski definition) is 3. The standard InChI is InChI=1S/C18H19F3N4O2/c1-10-2-5-15(17(26)23-8-13(20)9-23)25-16(10)22-24(18(25)27)7-11-3-4-12(19)6-14(11)21/h3-4,6,10,13,15H,2,5,7-9H2,1H3. The van der Waals surface area contributed by atoms with Crippen molar-refractivity contribution in [1.82, 2.24) is 19.2 Å². The molecule has 9 heteroatoms. The van der Waals surface area contributed by atoms with Gasteiger partial charge in [0.1, 0.15) is 29.7 Å². The number of carbonyl (C=O) groups is 1. The van der Waals surface area contributed by atoms with Gasteiger partial charge in [-0.2, -0.15) is 5.10 Å². The Labute approximate surface area is 153 Å². The molecule has 2 unspecified atom stereocenters. The largest absolute Gasteiger partial charge is 0.347 e. The molecule has 0 radical (unpaired) electrons. The van der Waals surface area contributed by atoms with Crippen molar-refractivity contribution in [3.63, 3.8) is 0 Å². The lowest BCUT2D eigenvalue weighted by Gasteiger charge is -2.38. The molecular weight excluding hydrogens is 361 g/mol. The zero-order valence-corrected chi connectivity index (χ0v) is 14.7. The minimum atomic E-state index is -1.02. The fourth-order valence-electron chi connectivity index (χ4n) is 3.70. The monoisotopic (exact) mass is 380 g/mol. The Morgan fingerprint density at radius 1 is 1.26 bits per heavy atom. The molecule has 0 saturated carbocycles. The summed E-state index contributed by atoms with van der Waals surface area (Å²) in [6.45, 7) is 1.84.